The summed E-state index contributed by atoms with van der Waals surface area (Å²) in [6.45, 7) is 1.95. The van der Waals surface area contributed by atoms with Gasteiger partial charge < -0.3 is 0 Å². The first kappa shape index (κ1) is 16.4. The SMILES string of the molecule is CCc1nc(SCc2ccccc2)c2c(=O)n(C)c(=O)n(C)c2n1. The van der Waals surface area contributed by atoms with Crippen LogP contribution in [0.15, 0.2) is 44.9 Å². The molecule has 0 bridgehead atoms. The fourth-order valence-corrected chi connectivity index (χ4v) is 3.45. The summed E-state index contributed by atoms with van der Waals surface area (Å²) in [5.41, 5.74) is 0.804. The van der Waals surface area contributed by atoms with Crippen molar-refractivity contribution < 1.29 is 0 Å². The number of aromatic nitrogens is 4. The molecule has 3 rings (SSSR count). The van der Waals surface area contributed by atoms with Crippen LogP contribution in [-0.2, 0) is 26.3 Å². The maximum atomic E-state index is 12.6. The zero-order valence-electron chi connectivity index (χ0n) is 13.8. The van der Waals surface area contributed by atoms with E-state index in [-0.39, 0.29) is 11.2 Å². The van der Waals surface area contributed by atoms with Crippen molar-refractivity contribution in [3.05, 3.63) is 62.6 Å². The third kappa shape index (κ3) is 2.87. The molecule has 3 aromatic rings. The fourth-order valence-electron chi connectivity index (χ4n) is 2.46. The average molecular weight is 342 g/mol. The number of aryl methyl sites for hydroxylation is 2. The van der Waals surface area contributed by atoms with E-state index in [9.17, 15) is 9.59 Å². The van der Waals surface area contributed by atoms with Crippen LogP contribution in [0.4, 0.5) is 0 Å². The van der Waals surface area contributed by atoms with Crippen molar-refractivity contribution in [2.75, 3.05) is 0 Å². The Morgan fingerprint density at radius 2 is 1.75 bits per heavy atom. The number of hydrogen-bond donors (Lipinski definition) is 0. The van der Waals surface area contributed by atoms with E-state index in [0.717, 1.165) is 10.1 Å². The predicted molar refractivity (Wildman–Crippen MR) is 95.4 cm³/mol. The van der Waals surface area contributed by atoms with Crippen LogP contribution in [0.3, 0.4) is 0 Å². The summed E-state index contributed by atoms with van der Waals surface area (Å²) in [7, 11) is 3.10. The van der Waals surface area contributed by atoms with Gasteiger partial charge in [0.1, 0.15) is 16.2 Å². The Balaban J connectivity index is 2.19. The molecule has 0 N–H and O–H groups in total. The topological polar surface area (TPSA) is 69.8 Å². The number of thioether (sulfide) groups is 1. The van der Waals surface area contributed by atoms with Gasteiger partial charge >= 0.3 is 5.69 Å². The Bertz CT molecular complexity index is 1010. The van der Waals surface area contributed by atoms with Crippen LogP contribution in [0.5, 0.6) is 0 Å². The highest BCUT2D eigenvalue weighted by Gasteiger charge is 2.16. The monoisotopic (exact) mass is 342 g/mol. The van der Waals surface area contributed by atoms with Gasteiger partial charge in [-0.3, -0.25) is 13.9 Å². The predicted octanol–water partition coefficient (Wildman–Crippen LogP) is 1.88. The minimum atomic E-state index is -0.382. The van der Waals surface area contributed by atoms with Crippen molar-refractivity contribution in [3.8, 4) is 0 Å². The molecule has 124 valence electrons. The molecule has 0 amide bonds. The van der Waals surface area contributed by atoms with Crippen molar-refractivity contribution >= 4 is 22.8 Å². The van der Waals surface area contributed by atoms with E-state index < -0.39 is 0 Å². The highest BCUT2D eigenvalue weighted by molar-refractivity contribution is 7.98. The summed E-state index contributed by atoms with van der Waals surface area (Å²) < 4.78 is 2.51. The maximum Gasteiger partial charge on any atom is 0.332 e. The number of benzene rings is 1. The smallest absolute Gasteiger partial charge is 0.280 e. The highest BCUT2D eigenvalue weighted by Crippen LogP contribution is 2.25. The third-order valence-corrected chi connectivity index (χ3v) is 4.89. The second-order valence-electron chi connectivity index (χ2n) is 5.48. The fraction of sp³-hybridized carbons (Fsp3) is 0.294. The van der Waals surface area contributed by atoms with Crippen molar-refractivity contribution in [1.82, 2.24) is 19.1 Å². The molecule has 0 fully saturated rings. The van der Waals surface area contributed by atoms with E-state index in [1.54, 1.807) is 7.05 Å². The summed E-state index contributed by atoms with van der Waals surface area (Å²) in [5.74, 6) is 1.32. The van der Waals surface area contributed by atoms with E-state index in [1.807, 2.05) is 37.3 Å². The van der Waals surface area contributed by atoms with Crippen molar-refractivity contribution in [3.63, 3.8) is 0 Å². The molecule has 2 heterocycles. The molecule has 24 heavy (non-hydrogen) atoms. The molecule has 6 nitrogen and oxygen atoms in total. The summed E-state index contributed by atoms with van der Waals surface area (Å²) in [4.78, 5) is 33.7. The Labute approximate surface area is 143 Å². The number of nitrogens with zero attached hydrogens (tertiary/aromatic N) is 4. The van der Waals surface area contributed by atoms with Crippen molar-refractivity contribution in [2.24, 2.45) is 14.1 Å². The Hall–Kier alpha value is -2.41. The van der Waals surface area contributed by atoms with Gasteiger partial charge in [-0.1, -0.05) is 37.3 Å². The van der Waals surface area contributed by atoms with Crippen LogP contribution >= 0.6 is 11.8 Å². The number of rotatable bonds is 4. The number of hydrogen-bond acceptors (Lipinski definition) is 5. The molecule has 0 aliphatic rings. The lowest BCUT2D eigenvalue weighted by Crippen LogP contribution is -2.37. The molecule has 0 aliphatic carbocycles. The van der Waals surface area contributed by atoms with E-state index in [0.29, 0.717) is 34.1 Å². The van der Waals surface area contributed by atoms with E-state index in [4.69, 9.17) is 0 Å². The first-order valence-corrected chi connectivity index (χ1v) is 8.64. The van der Waals surface area contributed by atoms with Crippen LogP contribution < -0.4 is 11.2 Å². The summed E-state index contributed by atoms with van der Waals surface area (Å²) in [6.07, 6.45) is 0.637. The molecule has 2 aromatic heterocycles. The van der Waals surface area contributed by atoms with Gasteiger partial charge in [-0.15, -0.1) is 11.8 Å². The van der Waals surface area contributed by atoms with E-state index in [2.05, 4.69) is 9.97 Å². The van der Waals surface area contributed by atoms with Crippen LogP contribution in [0.25, 0.3) is 11.0 Å². The van der Waals surface area contributed by atoms with Crippen molar-refractivity contribution in [1.29, 1.82) is 0 Å². The van der Waals surface area contributed by atoms with Crippen molar-refractivity contribution in [2.45, 2.75) is 24.1 Å². The molecule has 0 unspecified atom stereocenters. The zero-order chi connectivity index (χ0) is 17.3. The first-order chi connectivity index (χ1) is 11.5. The second-order valence-corrected chi connectivity index (χ2v) is 6.44. The van der Waals surface area contributed by atoms with Gasteiger partial charge in [0, 0.05) is 26.3 Å². The summed E-state index contributed by atoms with van der Waals surface area (Å²) >= 11 is 1.49. The summed E-state index contributed by atoms with van der Waals surface area (Å²) in [5, 5.41) is 1.02. The minimum Gasteiger partial charge on any atom is -0.280 e. The molecule has 0 saturated heterocycles. The van der Waals surface area contributed by atoms with Gasteiger partial charge in [0.25, 0.3) is 5.56 Å². The number of fused-ring (bicyclic) bond motifs is 1. The lowest BCUT2D eigenvalue weighted by molar-refractivity contribution is 0.698. The molecule has 0 atom stereocenters. The third-order valence-electron chi connectivity index (χ3n) is 3.85. The van der Waals surface area contributed by atoms with Crippen LogP contribution in [0, 0.1) is 0 Å². The molecule has 0 saturated carbocycles. The zero-order valence-corrected chi connectivity index (χ0v) is 14.6. The van der Waals surface area contributed by atoms with Gasteiger partial charge in [-0.25, -0.2) is 14.8 Å². The standard InChI is InChI=1S/C17H18N4O2S/c1-4-12-18-14-13(16(22)21(3)17(23)20(14)2)15(19-12)24-10-11-8-6-5-7-9-11/h5-9H,4,10H2,1-3H3. The van der Waals surface area contributed by atoms with Crippen LogP contribution in [0.1, 0.15) is 18.3 Å². The Morgan fingerprint density at radius 1 is 1.04 bits per heavy atom. The molecule has 0 spiro atoms. The summed E-state index contributed by atoms with van der Waals surface area (Å²) in [6, 6.07) is 9.99. The lowest BCUT2D eigenvalue weighted by atomic mass is 10.2. The van der Waals surface area contributed by atoms with Gasteiger partial charge in [0.05, 0.1) is 0 Å². The second kappa shape index (κ2) is 6.60. The molecule has 0 radical (unpaired) electrons. The largest absolute Gasteiger partial charge is 0.332 e. The highest BCUT2D eigenvalue weighted by atomic mass is 32.2. The first-order valence-electron chi connectivity index (χ1n) is 7.66. The van der Waals surface area contributed by atoms with Crippen LogP contribution in [-0.4, -0.2) is 19.1 Å². The maximum absolute atomic E-state index is 12.6. The molecule has 1 aromatic carbocycles. The van der Waals surface area contributed by atoms with E-state index >= 15 is 0 Å². The molecule has 0 aliphatic heterocycles. The van der Waals surface area contributed by atoms with Gasteiger partial charge in [0.2, 0.25) is 0 Å². The normalized spacial score (nSPS) is 11.1. The van der Waals surface area contributed by atoms with Crippen LogP contribution in [0.2, 0.25) is 0 Å². The Kier molecular flexibility index (Phi) is 4.53. The van der Waals surface area contributed by atoms with Gasteiger partial charge in [0.15, 0.2) is 5.65 Å². The quantitative estimate of drug-likeness (QED) is 0.535. The van der Waals surface area contributed by atoms with Gasteiger partial charge in [-0.05, 0) is 5.56 Å². The lowest BCUT2D eigenvalue weighted by Gasteiger charge is -2.11. The molecular formula is C17H18N4O2S. The molecule has 7 heteroatoms. The Morgan fingerprint density at radius 3 is 2.42 bits per heavy atom. The minimum absolute atomic E-state index is 0.355. The average Bonchev–Trinajstić information content (AvgIpc) is 2.62. The molecular weight excluding hydrogens is 324 g/mol. The van der Waals surface area contributed by atoms with E-state index in [1.165, 1.54) is 23.4 Å². The van der Waals surface area contributed by atoms with Gasteiger partial charge in [-0.2, -0.15) is 0 Å².